The lowest BCUT2D eigenvalue weighted by atomic mass is 9.96. The lowest BCUT2D eigenvalue weighted by Gasteiger charge is -2.22. The summed E-state index contributed by atoms with van der Waals surface area (Å²) >= 11 is 7.89. The number of hydrogen-bond donors (Lipinski definition) is 1. The smallest absolute Gasteiger partial charge is 0.237 e. The molecule has 0 aromatic rings. The van der Waals surface area contributed by atoms with E-state index in [9.17, 15) is 4.21 Å². The Morgan fingerprint density at radius 1 is 1.21 bits per heavy atom. The third-order valence-electron chi connectivity index (χ3n) is 2.04. The van der Waals surface area contributed by atoms with E-state index in [4.69, 9.17) is 4.18 Å². The number of halogens is 3. The Bertz CT molecular complexity index is 204. The van der Waals surface area contributed by atoms with Crippen LogP contribution in [0.15, 0.2) is 0 Å². The van der Waals surface area contributed by atoms with E-state index < -0.39 is 13.6 Å². The molecule has 1 aliphatic carbocycles. The molecule has 0 aromatic heterocycles. The van der Waals surface area contributed by atoms with Gasteiger partial charge in [-0.15, -0.1) is 0 Å². The fourth-order valence-corrected chi connectivity index (χ4v) is 3.27. The maximum atomic E-state index is 11.4. The number of rotatable bonds is 3. The van der Waals surface area contributed by atoms with Crippen molar-refractivity contribution in [2.24, 2.45) is 0 Å². The standard InChI is InChI=1S/C7H12Br3NO2S/c8-7(9,10)13-14(12)11-6-4-2-1-3-5-6/h6,11H,1-5H2. The summed E-state index contributed by atoms with van der Waals surface area (Å²) in [4.78, 5) is 0. The predicted molar refractivity (Wildman–Crippen MR) is 68.7 cm³/mol. The second-order valence-electron chi connectivity index (χ2n) is 3.22. The van der Waals surface area contributed by atoms with Crippen molar-refractivity contribution >= 4 is 59.1 Å². The first kappa shape index (κ1) is 13.6. The summed E-state index contributed by atoms with van der Waals surface area (Å²) in [5, 5.41) is 0. The summed E-state index contributed by atoms with van der Waals surface area (Å²) in [5.41, 5.74) is 0. The lowest BCUT2D eigenvalue weighted by molar-refractivity contribution is 0.359. The molecule has 1 atom stereocenters. The summed E-state index contributed by atoms with van der Waals surface area (Å²) in [5.74, 6) is 0. The van der Waals surface area contributed by atoms with Crippen molar-refractivity contribution in [3.8, 4) is 0 Å². The molecule has 84 valence electrons. The maximum absolute atomic E-state index is 11.4. The highest BCUT2D eigenvalue weighted by molar-refractivity contribution is 9.39. The van der Waals surface area contributed by atoms with Crippen molar-refractivity contribution in [1.29, 1.82) is 0 Å². The van der Waals surface area contributed by atoms with Crippen molar-refractivity contribution in [3.63, 3.8) is 0 Å². The van der Waals surface area contributed by atoms with E-state index >= 15 is 0 Å². The van der Waals surface area contributed by atoms with Crippen molar-refractivity contribution < 1.29 is 8.39 Å². The van der Waals surface area contributed by atoms with Crippen LogP contribution in [-0.4, -0.2) is 12.6 Å². The summed E-state index contributed by atoms with van der Waals surface area (Å²) in [6, 6.07) is 0.319. The van der Waals surface area contributed by atoms with Gasteiger partial charge in [0.25, 0.3) is 0 Å². The van der Waals surface area contributed by atoms with Gasteiger partial charge in [-0.3, -0.25) is 0 Å². The van der Waals surface area contributed by atoms with Crippen LogP contribution in [0.3, 0.4) is 0 Å². The quantitative estimate of drug-likeness (QED) is 0.721. The highest BCUT2D eigenvalue weighted by atomic mass is 80.0. The van der Waals surface area contributed by atoms with E-state index in [1.54, 1.807) is 0 Å². The van der Waals surface area contributed by atoms with Gasteiger partial charge in [0, 0.05) is 6.04 Å². The molecule has 14 heavy (non-hydrogen) atoms. The Balaban J connectivity index is 2.25. The molecule has 0 heterocycles. The van der Waals surface area contributed by atoms with E-state index in [0.717, 1.165) is 12.8 Å². The summed E-state index contributed by atoms with van der Waals surface area (Å²) in [7, 11) is 0. The fraction of sp³-hybridized carbons (Fsp3) is 1.00. The third kappa shape index (κ3) is 6.17. The molecule has 0 saturated heterocycles. The Morgan fingerprint density at radius 2 is 1.79 bits per heavy atom. The third-order valence-corrected chi connectivity index (χ3v) is 4.09. The van der Waals surface area contributed by atoms with Crippen molar-refractivity contribution in [2.45, 2.75) is 40.5 Å². The second kappa shape index (κ2) is 6.30. The molecular formula is C7H12Br3NO2S. The first-order valence-corrected chi connectivity index (χ1v) is 7.87. The maximum Gasteiger partial charge on any atom is 0.249 e. The van der Waals surface area contributed by atoms with Gasteiger partial charge >= 0.3 is 0 Å². The molecular weight excluding hydrogens is 402 g/mol. The van der Waals surface area contributed by atoms with Gasteiger partial charge in [0.1, 0.15) is 0 Å². The van der Waals surface area contributed by atoms with Crippen LogP contribution in [0.4, 0.5) is 0 Å². The Kier molecular flexibility index (Phi) is 6.10. The first-order chi connectivity index (χ1) is 6.47. The topological polar surface area (TPSA) is 38.3 Å². The van der Waals surface area contributed by atoms with Gasteiger partial charge in [-0.25, -0.2) is 13.1 Å². The highest BCUT2D eigenvalue weighted by Crippen LogP contribution is 2.35. The van der Waals surface area contributed by atoms with Gasteiger partial charge in [-0.2, -0.15) is 0 Å². The van der Waals surface area contributed by atoms with Crippen LogP contribution in [0.5, 0.6) is 0 Å². The van der Waals surface area contributed by atoms with E-state index in [2.05, 4.69) is 52.5 Å². The SMILES string of the molecule is O=S(NC1CCCCC1)OC(Br)(Br)Br. The highest BCUT2D eigenvalue weighted by Gasteiger charge is 2.24. The minimum absolute atomic E-state index is 0.319. The average Bonchev–Trinajstić information content (AvgIpc) is 2.02. The van der Waals surface area contributed by atoms with Crippen LogP contribution in [0.2, 0.25) is 0 Å². The van der Waals surface area contributed by atoms with Crippen LogP contribution in [0, 0.1) is 0 Å². The van der Waals surface area contributed by atoms with Gasteiger partial charge in [-0.05, 0) is 60.6 Å². The fourth-order valence-electron chi connectivity index (χ4n) is 1.47. The summed E-state index contributed by atoms with van der Waals surface area (Å²) in [6.45, 7) is 0. The van der Waals surface area contributed by atoms with Crippen molar-refractivity contribution in [3.05, 3.63) is 0 Å². The molecule has 7 heteroatoms. The van der Waals surface area contributed by atoms with Gasteiger partial charge in [0.15, 0.2) is 0 Å². The molecule has 0 bridgehead atoms. The minimum Gasteiger partial charge on any atom is -0.237 e. The molecule has 0 aliphatic heterocycles. The molecule has 0 radical (unpaired) electrons. The van der Waals surface area contributed by atoms with E-state index in [1.165, 1.54) is 19.3 Å². The molecule has 0 spiro atoms. The molecule has 1 saturated carbocycles. The van der Waals surface area contributed by atoms with Gasteiger partial charge in [-0.1, -0.05) is 19.3 Å². The Morgan fingerprint density at radius 3 is 2.29 bits per heavy atom. The molecule has 1 rings (SSSR count). The Labute approximate surface area is 112 Å². The van der Waals surface area contributed by atoms with E-state index in [-0.39, 0.29) is 0 Å². The first-order valence-electron chi connectivity index (χ1n) is 4.41. The molecule has 0 amide bonds. The molecule has 0 aromatic carbocycles. The number of alkyl halides is 3. The predicted octanol–water partition coefficient (Wildman–Crippen LogP) is 3.30. The molecule has 1 fully saturated rings. The van der Waals surface area contributed by atoms with Crippen LogP contribution in [0.1, 0.15) is 32.1 Å². The number of hydrogen-bond acceptors (Lipinski definition) is 2. The average molecular weight is 414 g/mol. The zero-order valence-corrected chi connectivity index (χ0v) is 13.0. The zero-order chi connectivity index (χ0) is 10.6. The number of nitrogens with one attached hydrogen (secondary N) is 1. The van der Waals surface area contributed by atoms with E-state index in [1.807, 2.05) is 0 Å². The molecule has 3 nitrogen and oxygen atoms in total. The summed E-state index contributed by atoms with van der Waals surface area (Å²) < 4.78 is 18.5. The van der Waals surface area contributed by atoms with Crippen LogP contribution >= 0.6 is 47.8 Å². The van der Waals surface area contributed by atoms with Gasteiger partial charge in [0.2, 0.25) is 13.6 Å². The second-order valence-corrected chi connectivity index (χ2v) is 10.6. The van der Waals surface area contributed by atoms with Crippen LogP contribution < -0.4 is 4.72 Å². The van der Waals surface area contributed by atoms with Crippen molar-refractivity contribution in [1.82, 2.24) is 4.72 Å². The monoisotopic (exact) mass is 411 g/mol. The van der Waals surface area contributed by atoms with Gasteiger partial charge in [0.05, 0.1) is 0 Å². The van der Waals surface area contributed by atoms with Crippen LogP contribution in [-0.2, 0) is 15.4 Å². The summed E-state index contributed by atoms with van der Waals surface area (Å²) in [6.07, 6.45) is 5.85. The van der Waals surface area contributed by atoms with Crippen LogP contribution in [0.25, 0.3) is 0 Å². The van der Waals surface area contributed by atoms with Crippen molar-refractivity contribution in [2.75, 3.05) is 0 Å². The zero-order valence-electron chi connectivity index (χ0n) is 7.47. The molecule has 1 unspecified atom stereocenters. The minimum atomic E-state index is -1.48. The molecule has 1 N–H and O–H groups in total. The van der Waals surface area contributed by atoms with E-state index in [0.29, 0.717) is 6.04 Å². The molecule has 1 aliphatic rings. The largest absolute Gasteiger partial charge is 0.249 e. The Hall–Kier alpha value is 1.51. The normalized spacial score (nSPS) is 22.2. The van der Waals surface area contributed by atoms with Gasteiger partial charge < -0.3 is 0 Å². The lowest BCUT2D eigenvalue weighted by Crippen LogP contribution is -2.34.